The minimum Gasteiger partial charge on any atom is -0.309 e. The monoisotopic (exact) mass is 126 g/mol. The molecule has 0 saturated carbocycles. The van der Waals surface area contributed by atoms with Crippen LogP contribution in [0.2, 0.25) is 0 Å². The van der Waals surface area contributed by atoms with Crippen LogP contribution in [0, 0.1) is 6.92 Å². The van der Waals surface area contributed by atoms with Crippen LogP contribution in [-0.2, 0) is 0 Å². The maximum atomic E-state index is 11.3. The minimum absolute atomic E-state index is 1.21. The van der Waals surface area contributed by atoms with Gasteiger partial charge in [-0.25, -0.2) is 0 Å². The molecule has 0 heterocycles. The van der Waals surface area contributed by atoms with E-state index in [0.717, 1.165) is 0 Å². The van der Waals surface area contributed by atoms with Crippen LogP contribution >= 0.6 is 0 Å². The summed E-state index contributed by atoms with van der Waals surface area (Å²) in [6.45, 7) is 2.79. The van der Waals surface area contributed by atoms with Crippen LogP contribution in [0.4, 0.5) is 13.2 Å². The molecule has 8 heavy (non-hydrogen) atoms. The van der Waals surface area contributed by atoms with Crippen molar-refractivity contribution in [1.82, 2.24) is 5.32 Å². The minimum atomic E-state index is -4.21. The van der Waals surface area contributed by atoms with Crippen molar-refractivity contribution in [1.29, 1.82) is 0 Å². The van der Waals surface area contributed by atoms with E-state index in [9.17, 15) is 13.2 Å². The maximum Gasteiger partial charge on any atom is 0.403 e. The molecule has 0 unspecified atom stereocenters. The largest absolute Gasteiger partial charge is 0.403 e. The average Bonchev–Trinajstić information content (AvgIpc) is 1.62. The lowest BCUT2D eigenvalue weighted by atomic mass is 10.3. The third-order valence-corrected chi connectivity index (χ3v) is 0.744. The number of alkyl halides is 3. The first-order chi connectivity index (χ1) is 3.48. The molecule has 0 aromatic carbocycles. The number of halogens is 3. The van der Waals surface area contributed by atoms with Crippen molar-refractivity contribution < 1.29 is 13.2 Å². The third-order valence-electron chi connectivity index (χ3n) is 0.744. The number of nitrogens with one attached hydrogen (secondary N) is 1. The number of hydrogen-bond acceptors (Lipinski definition) is 1. The summed E-state index contributed by atoms with van der Waals surface area (Å²) in [5, 5.41) is 1.97. The summed E-state index contributed by atoms with van der Waals surface area (Å²) in [5.41, 5.74) is 0. The predicted molar refractivity (Wildman–Crippen MR) is 24.3 cm³/mol. The molecule has 0 rings (SSSR count). The van der Waals surface area contributed by atoms with E-state index in [4.69, 9.17) is 0 Å². The van der Waals surface area contributed by atoms with Crippen molar-refractivity contribution in [3.8, 4) is 0 Å². The molecule has 0 aromatic heterocycles. The van der Waals surface area contributed by atoms with Gasteiger partial charge in [0, 0.05) is 0 Å². The normalized spacial score (nSPS) is 16.1. The Morgan fingerprint density at radius 3 is 1.88 bits per heavy atom. The molecule has 0 amide bonds. The van der Waals surface area contributed by atoms with Crippen LogP contribution in [0.1, 0.15) is 0 Å². The van der Waals surface area contributed by atoms with E-state index in [0.29, 0.717) is 0 Å². The highest BCUT2D eigenvalue weighted by Gasteiger charge is 2.34. The molecule has 0 aliphatic heterocycles. The van der Waals surface area contributed by atoms with Crippen LogP contribution < -0.4 is 5.32 Å². The summed E-state index contributed by atoms with van der Waals surface area (Å²) in [4.78, 5) is 0. The second-order valence-corrected chi connectivity index (χ2v) is 1.38. The Labute approximate surface area is 45.9 Å². The second kappa shape index (κ2) is 2.35. The average molecular weight is 126 g/mol. The van der Waals surface area contributed by atoms with Crippen molar-refractivity contribution in [3.05, 3.63) is 6.92 Å². The Kier molecular flexibility index (Phi) is 2.27. The fourth-order valence-corrected chi connectivity index (χ4v) is 0.164. The molecule has 0 saturated heterocycles. The van der Waals surface area contributed by atoms with E-state index < -0.39 is 12.2 Å². The van der Waals surface area contributed by atoms with E-state index in [-0.39, 0.29) is 0 Å². The standard InChI is InChI=1S/C4H7F3N/c1-3(8-2)4(5,6)7/h3,8H,1H2,2H3/t3-/m1/s1. The molecule has 1 nitrogen and oxygen atoms in total. The molecular formula is C4H7F3N. The zero-order valence-corrected chi connectivity index (χ0v) is 4.42. The van der Waals surface area contributed by atoms with Crippen molar-refractivity contribution in [2.75, 3.05) is 7.05 Å². The van der Waals surface area contributed by atoms with Crippen LogP contribution in [0.25, 0.3) is 0 Å². The van der Waals surface area contributed by atoms with E-state index in [2.05, 4.69) is 6.92 Å². The van der Waals surface area contributed by atoms with Crippen molar-refractivity contribution >= 4 is 0 Å². The van der Waals surface area contributed by atoms with Gasteiger partial charge in [-0.2, -0.15) is 13.2 Å². The lowest BCUT2D eigenvalue weighted by Gasteiger charge is -2.12. The van der Waals surface area contributed by atoms with Gasteiger partial charge in [-0.3, -0.25) is 0 Å². The lowest BCUT2D eigenvalue weighted by Crippen LogP contribution is -2.37. The summed E-state index contributed by atoms with van der Waals surface area (Å²) < 4.78 is 34.0. The topological polar surface area (TPSA) is 12.0 Å². The number of hydrogen-bond donors (Lipinski definition) is 1. The van der Waals surface area contributed by atoms with Crippen molar-refractivity contribution in [2.24, 2.45) is 0 Å². The summed E-state index contributed by atoms with van der Waals surface area (Å²) in [5.74, 6) is 0. The van der Waals surface area contributed by atoms with Gasteiger partial charge in [-0.05, 0) is 14.0 Å². The summed E-state index contributed by atoms with van der Waals surface area (Å²) in [6, 6.07) is -1.65. The van der Waals surface area contributed by atoms with E-state index in [1.54, 1.807) is 0 Å². The van der Waals surface area contributed by atoms with Gasteiger partial charge in [0.2, 0.25) is 0 Å². The molecule has 1 radical (unpaired) electrons. The zero-order chi connectivity index (χ0) is 6.78. The third kappa shape index (κ3) is 2.16. The molecule has 49 valence electrons. The molecular weight excluding hydrogens is 119 g/mol. The fraction of sp³-hybridized carbons (Fsp3) is 0.750. The smallest absolute Gasteiger partial charge is 0.309 e. The summed E-state index contributed by atoms with van der Waals surface area (Å²) >= 11 is 0. The van der Waals surface area contributed by atoms with Gasteiger partial charge < -0.3 is 5.32 Å². The molecule has 0 bridgehead atoms. The highest BCUT2D eigenvalue weighted by molar-refractivity contribution is 4.74. The zero-order valence-electron chi connectivity index (χ0n) is 4.42. The molecule has 1 atom stereocenters. The van der Waals surface area contributed by atoms with Crippen molar-refractivity contribution in [3.63, 3.8) is 0 Å². The van der Waals surface area contributed by atoms with Crippen LogP contribution in [0.3, 0.4) is 0 Å². The SMILES string of the molecule is [CH2][C@@H](NC)C(F)(F)F. The molecule has 0 fully saturated rings. The second-order valence-electron chi connectivity index (χ2n) is 1.38. The van der Waals surface area contributed by atoms with Gasteiger partial charge in [-0.15, -0.1) is 0 Å². The van der Waals surface area contributed by atoms with E-state index in [1.807, 2.05) is 5.32 Å². The van der Waals surface area contributed by atoms with Crippen LogP contribution in [0.5, 0.6) is 0 Å². The lowest BCUT2D eigenvalue weighted by molar-refractivity contribution is -0.143. The fourth-order valence-electron chi connectivity index (χ4n) is 0.164. The first kappa shape index (κ1) is 7.75. The number of rotatable bonds is 1. The highest BCUT2D eigenvalue weighted by atomic mass is 19.4. The highest BCUT2D eigenvalue weighted by Crippen LogP contribution is 2.18. The van der Waals surface area contributed by atoms with E-state index in [1.165, 1.54) is 7.05 Å². The van der Waals surface area contributed by atoms with Gasteiger partial charge >= 0.3 is 6.18 Å². The quantitative estimate of drug-likeness (QED) is 0.552. The Balaban J connectivity index is 3.62. The van der Waals surface area contributed by atoms with Gasteiger partial charge in [0.15, 0.2) is 0 Å². The molecule has 4 heteroatoms. The Bertz CT molecular complexity index is 68.2. The Morgan fingerprint density at radius 2 is 1.88 bits per heavy atom. The first-order valence-electron chi connectivity index (χ1n) is 2.05. The van der Waals surface area contributed by atoms with Crippen LogP contribution in [-0.4, -0.2) is 19.3 Å². The van der Waals surface area contributed by atoms with Crippen molar-refractivity contribution in [2.45, 2.75) is 12.2 Å². The summed E-state index contributed by atoms with van der Waals surface area (Å²) in [7, 11) is 1.21. The summed E-state index contributed by atoms with van der Waals surface area (Å²) in [6.07, 6.45) is -4.21. The van der Waals surface area contributed by atoms with Crippen LogP contribution in [0.15, 0.2) is 0 Å². The van der Waals surface area contributed by atoms with E-state index >= 15 is 0 Å². The maximum absolute atomic E-state index is 11.3. The molecule has 0 aliphatic rings. The molecule has 0 spiro atoms. The molecule has 0 aliphatic carbocycles. The molecule has 1 N–H and O–H groups in total. The predicted octanol–water partition coefficient (Wildman–Crippen LogP) is 0.971. The van der Waals surface area contributed by atoms with Gasteiger partial charge in [0.25, 0.3) is 0 Å². The Morgan fingerprint density at radius 1 is 1.50 bits per heavy atom. The molecule has 0 aromatic rings. The first-order valence-corrected chi connectivity index (χ1v) is 2.05. The Hall–Kier alpha value is -0.250. The van der Waals surface area contributed by atoms with Gasteiger partial charge in [0.05, 0.1) is 0 Å². The van der Waals surface area contributed by atoms with Gasteiger partial charge in [-0.1, -0.05) is 0 Å². The van der Waals surface area contributed by atoms with Gasteiger partial charge in [0.1, 0.15) is 6.04 Å².